The molecule has 0 saturated carbocycles. The summed E-state index contributed by atoms with van der Waals surface area (Å²) in [7, 11) is 0. The Morgan fingerprint density at radius 1 is 0.391 bits per heavy atom. The largest absolute Gasteiger partial charge is 0.0754 e. The van der Waals surface area contributed by atoms with Gasteiger partial charge in [-0.15, -0.1) is 0 Å². The van der Waals surface area contributed by atoms with Crippen molar-refractivity contribution in [2.45, 2.75) is 50.9 Å². The molecule has 0 N–H and O–H groups in total. The van der Waals surface area contributed by atoms with E-state index in [4.69, 9.17) is 0 Å². The van der Waals surface area contributed by atoms with Gasteiger partial charge in [-0.05, 0) is 151 Å². The van der Waals surface area contributed by atoms with Crippen molar-refractivity contribution in [1.29, 1.82) is 0 Å². The van der Waals surface area contributed by atoms with Crippen LogP contribution in [-0.2, 0) is 10.8 Å². The molecule has 0 amide bonds. The van der Waals surface area contributed by atoms with E-state index in [-0.39, 0.29) is 16.7 Å². The van der Waals surface area contributed by atoms with Crippen LogP contribution in [0.4, 0.5) is 0 Å². The van der Waals surface area contributed by atoms with Crippen LogP contribution in [0.15, 0.2) is 206 Å². The van der Waals surface area contributed by atoms with E-state index in [2.05, 4.69) is 228 Å². The maximum absolute atomic E-state index is 2.64. The first kappa shape index (κ1) is 37.3. The zero-order chi connectivity index (χ0) is 42.9. The third-order valence-corrected chi connectivity index (χ3v) is 15.4. The van der Waals surface area contributed by atoms with Crippen LogP contribution in [-0.4, -0.2) is 0 Å². The zero-order valence-corrected chi connectivity index (χ0v) is 36.8. The van der Waals surface area contributed by atoms with Crippen molar-refractivity contribution < 1.29 is 0 Å². The molecule has 10 aromatic carbocycles. The normalized spacial score (nSPS) is 16.7. The molecule has 0 spiro atoms. The fourth-order valence-corrected chi connectivity index (χ4v) is 12.2. The fourth-order valence-electron chi connectivity index (χ4n) is 12.2. The first-order valence-electron chi connectivity index (χ1n) is 23.0. The van der Waals surface area contributed by atoms with E-state index >= 15 is 0 Å². The third-order valence-electron chi connectivity index (χ3n) is 15.4. The molecule has 0 nitrogen and oxygen atoms in total. The molecule has 1 unspecified atom stereocenters. The Morgan fingerprint density at radius 3 is 1.66 bits per heavy atom. The number of benzene rings is 10. The first-order chi connectivity index (χ1) is 31.3. The van der Waals surface area contributed by atoms with Gasteiger partial charge in [0.1, 0.15) is 0 Å². The van der Waals surface area contributed by atoms with Gasteiger partial charge >= 0.3 is 0 Å². The molecule has 10 aromatic rings. The second-order valence-electron chi connectivity index (χ2n) is 19.5. The van der Waals surface area contributed by atoms with Gasteiger partial charge in [0.15, 0.2) is 0 Å². The van der Waals surface area contributed by atoms with Gasteiger partial charge < -0.3 is 0 Å². The maximum atomic E-state index is 2.64. The van der Waals surface area contributed by atoms with Crippen LogP contribution in [0.1, 0.15) is 67.9 Å². The lowest BCUT2D eigenvalue weighted by molar-refractivity contribution is 0.648. The van der Waals surface area contributed by atoms with Crippen molar-refractivity contribution in [3.05, 3.63) is 234 Å². The summed E-state index contributed by atoms with van der Waals surface area (Å²) in [4.78, 5) is 0. The standard InChI is InChI=1S/C64H48/c1-63(2)55-25-11-9-19-49(55)51-33-31-43(37-57(51)63)47-21-13-23-53-59(45-29-27-39-15-5-7-17-41(39)35-45)54-24-14-22-48(44-32-34-52-50-20-10-12-26-56(50)64(3,4)58(52)38-44)62(54)60(61(47)53)46-30-28-40-16-6-8-18-42(40)36-46/h5-31,33-38,44H,32H2,1-4H3. The number of allylic oxidation sites excluding steroid dienone is 4. The summed E-state index contributed by atoms with van der Waals surface area (Å²) < 4.78 is 0. The molecule has 0 heteroatoms. The minimum Gasteiger partial charge on any atom is -0.0754 e. The molecular formula is C64H48. The van der Waals surface area contributed by atoms with Gasteiger partial charge in [0.25, 0.3) is 0 Å². The van der Waals surface area contributed by atoms with E-state index in [1.165, 1.54) is 127 Å². The van der Waals surface area contributed by atoms with Gasteiger partial charge in [0.05, 0.1) is 0 Å². The van der Waals surface area contributed by atoms with Crippen molar-refractivity contribution in [2.24, 2.45) is 0 Å². The molecule has 0 aromatic heterocycles. The first-order valence-corrected chi connectivity index (χ1v) is 23.0. The molecule has 0 radical (unpaired) electrons. The number of fused-ring (bicyclic) bond motifs is 10. The summed E-state index contributed by atoms with van der Waals surface area (Å²) in [5.41, 5.74) is 20.0. The monoisotopic (exact) mass is 816 g/mol. The average molecular weight is 817 g/mol. The number of hydrogen-bond donors (Lipinski definition) is 0. The fraction of sp³-hybridized carbons (Fsp3) is 0.125. The quantitative estimate of drug-likeness (QED) is 0.155. The lowest BCUT2D eigenvalue weighted by Gasteiger charge is -2.29. The highest BCUT2D eigenvalue weighted by Gasteiger charge is 2.40. The molecule has 0 saturated heterocycles. The molecular weight excluding hydrogens is 769 g/mol. The number of hydrogen-bond acceptors (Lipinski definition) is 0. The molecule has 64 heavy (non-hydrogen) atoms. The van der Waals surface area contributed by atoms with E-state index in [1.54, 1.807) is 0 Å². The predicted molar refractivity (Wildman–Crippen MR) is 273 cm³/mol. The third kappa shape index (κ3) is 5.29. The van der Waals surface area contributed by atoms with Crippen molar-refractivity contribution in [1.82, 2.24) is 0 Å². The lowest BCUT2D eigenvalue weighted by atomic mass is 9.75. The van der Waals surface area contributed by atoms with Crippen LogP contribution < -0.4 is 0 Å². The molecule has 13 rings (SSSR count). The van der Waals surface area contributed by atoms with Gasteiger partial charge in [0, 0.05) is 16.7 Å². The maximum Gasteiger partial charge on any atom is 0.0159 e. The lowest BCUT2D eigenvalue weighted by Crippen LogP contribution is -2.17. The Bertz CT molecular complexity index is 3700. The van der Waals surface area contributed by atoms with Crippen molar-refractivity contribution in [3.63, 3.8) is 0 Å². The summed E-state index contributed by atoms with van der Waals surface area (Å²) in [6.07, 6.45) is 6.13. The molecule has 0 fully saturated rings. The second kappa shape index (κ2) is 13.6. The number of rotatable bonds is 4. The Morgan fingerprint density at radius 2 is 0.938 bits per heavy atom. The van der Waals surface area contributed by atoms with Crippen LogP contribution in [0.5, 0.6) is 0 Å². The molecule has 0 heterocycles. The molecule has 3 aliphatic rings. The summed E-state index contributed by atoms with van der Waals surface area (Å²) in [6.45, 7) is 9.62. The molecule has 0 aliphatic heterocycles. The van der Waals surface area contributed by atoms with Crippen LogP contribution in [0.25, 0.3) is 93.2 Å². The second-order valence-corrected chi connectivity index (χ2v) is 19.5. The summed E-state index contributed by atoms with van der Waals surface area (Å²) in [6, 6.07) is 71.5. The molecule has 0 bridgehead atoms. The summed E-state index contributed by atoms with van der Waals surface area (Å²) in [5.74, 6) is 0.198. The molecule has 3 aliphatic carbocycles. The zero-order valence-electron chi connectivity index (χ0n) is 36.8. The highest BCUT2D eigenvalue weighted by molar-refractivity contribution is 6.26. The Balaban J connectivity index is 1.16. The average Bonchev–Trinajstić information content (AvgIpc) is 3.71. The van der Waals surface area contributed by atoms with Crippen molar-refractivity contribution in [3.8, 4) is 44.5 Å². The summed E-state index contributed by atoms with van der Waals surface area (Å²) in [5, 5.41) is 10.3. The minimum absolute atomic E-state index is 0.0794. The minimum atomic E-state index is -0.113. The van der Waals surface area contributed by atoms with Gasteiger partial charge in [-0.3, -0.25) is 0 Å². The van der Waals surface area contributed by atoms with Crippen molar-refractivity contribution >= 4 is 48.7 Å². The Kier molecular flexibility index (Phi) is 7.93. The van der Waals surface area contributed by atoms with Crippen LogP contribution >= 0.6 is 0 Å². The van der Waals surface area contributed by atoms with E-state index in [9.17, 15) is 0 Å². The highest BCUT2D eigenvalue weighted by Crippen LogP contribution is 2.56. The molecule has 304 valence electrons. The predicted octanol–water partition coefficient (Wildman–Crippen LogP) is 17.4. The smallest absolute Gasteiger partial charge is 0.0159 e. The van der Waals surface area contributed by atoms with E-state index in [1.807, 2.05) is 0 Å². The Labute approximate surface area is 375 Å². The van der Waals surface area contributed by atoms with Gasteiger partial charge in [-0.1, -0.05) is 210 Å². The van der Waals surface area contributed by atoms with Gasteiger partial charge in [0.2, 0.25) is 0 Å². The topological polar surface area (TPSA) is 0 Å². The van der Waals surface area contributed by atoms with Crippen LogP contribution in [0.3, 0.4) is 0 Å². The van der Waals surface area contributed by atoms with Gasteiger partial charge in [-0.25, -0.2) is 0 Å². The van der Waals surface area contributed by atoms with E-state index < -0.39 is 0 Å². The van der Waals surface area contributed by atoms with Crippen LogP contribution in [0.2, 0.25) is 0 Å². The van der Waals surface area contributed by atoms with Gasteiger partial charge in [-0.2, -0.15) is 0 Å². The van der Waals surface area contributed by atoms with Crippen molar-refractivity contribution in [2.75, 3.05) is 0 Å². The Hall–Kier alpha value is -7.28. The summed E-state index contributed by atoms with van der Waals surface area (Å²) >= 11 is 0. The van der Waals surface area contributed by atoms with E-state index in [0.29, 0.717) is 0 Å². The van der Waals surface area contributed by atoms with Crippen LogP contribution in [0, 0.1) is 0 Å². The highest BCUT2D eigenvalue weighted by atomic mass is 14.4. The van der Waals surface area contributed by atoms with E-state index in [0.717, 1.165) is 6.42 Å². The SMILES string of the molecule is CC1(C)C2=CC(c3cccc4c(-c5ccc6ccccc6c5)c5cccc(-c6ccc7c(c6)C(C)(C)c6ccccc6-7)c5c(-c5ccc6ccccc6c5)c34)CC=C2c2ccccc21. The molecule has 1 atom stereocenters.